The predicted molar refractivity (Wildman–Crippen MR) is 151 cm³/mol. The number of benzene rings is 4. The molecule has 1 atom stereocenters. The van der Waals surface area contributed by atoms with Gasteiger partial charge in [0, 0.05) is 10.9 Å². The summed E-state index contributed by atoms with van der Waals surface area (Å²) in [5.74, 6) is 0.342. The minimum absolute atomic E-state index is 0.342. The molecule has 0 aliphatic carbocycles. The fourth-order valence-corrected chi connectivity index (χ4v) is 4.92. The third-order valence-electron chi connectivity index (χ3n) is 6.88. The first kappa shape index (κ1) is 25.0. The third kappa shape index (κ3) is 5.96. The van der Waals surface area contributed by atoms with Crippen LogP contribution in [0.25, 0.3) is 0 Å². The maximum atomic E-state index is 7.08. The number of nitrogens with two attached hydrogens (primary N) is 2. The molecule has 0 aliphatic heterocycles. The molecule has 2 nitrogen and oxygen atoms in total. The Bertz CT molecular complexity index is 1070. The maximum Gasteiger partial charge on any atom is 0.152 e. The SMILES string of the molecule is CC([B]C(N)(c1ccccc1)c1ccccc1)CCC[B]C(N)(c1ccccc1)c1ccccc1. The Morgan fingerprint density at radius 3 is 1.29 bits per heavy atom. The molecule has 4 N–H and O–H groups in total. The summed E-state index contributed by atoms with van der Waals surface area (Å²) < 4.78 is 0. The van der Waals surface area contributed by atoms with Crippen molar-refractivity contribution in [3.05, 3.63) is 144 Å². The fraction of sp³-hybridized carbons (Fsp3) is 0.226. The van der Waals surface area contributed by atoms with E-state index >= 15 is 0 Å². The van der Waals surface area contributed by atoms with E-state index in [4.69, 9.17) is 11.5 Å². The Morgan fingerprint density at radius 2 is 0.914 bits per heavy atom. The van der Waals surface area contributed by atoms with Crippen molar-refractivity contribution in [3.8, 4) is 0 Å². The molecule has 0 amide bonds. The average Bonchev–Trinajstić information content (AvgIpc) is 2.93. The van der Waals surface area contributed by atoms with Crippen molar-refractivity contribution in [1.29, 1.82) is 0 Å². The van der Waals surface area contributed by atoms with Gasteiger partial charge in [-0.15, -0.1) is 0 Å². The molecular formula is C31H34B2N2. The van der Waals surface area contributed by atoms with Gasteiger partial charge in [0.05, 0.1) is 0 Å². The smallest absolute Gasteiger partial charge is 0.152 e. The molecule has 4 aromatic rings. The van der Waals surface area contributed by atoms with Crippen molar-refractivity contribution >= 4 is 14.6 Å². The van der Waals surface area contributed by atoms with E-state index in [0.29, 0.717) is 5.82 Å². The van der Waals surface area contributed by atoms with E-state index in [-0.39, 0.29) is 0 Å². The summed E-state index contributed by atoms with van der Waals surface area (Å²) in [6.07, 6.45) is 3.00. The largest absolute Gasteiger partial charge is 0.325 e. The van der Waals surface area contributed by atoms with Crippen LogP contribution in [0.2, 0.25) is 12.1 Å². The number of hydrogen-bond acceptors (Lipinski definition) is 2. The zero-order valence-electron chi connectivity index (χ0n) is 20.6. The van der Waals surface area contributed by atoms with E-state index < -0.39 is 10.9 Å². The van der Waals surface area contributed by atoms with Crippen LogP contribution in [0.3, 0.4) is 0 Å². The summed E-state index contributed by atoms with van der Waals surface area (Å²) >= 11 is 0. The van der Waals surface area contributed by atoms with Crippen molar-refractivity contribution in [2.24, 2.45) is 11.5 Å². The van der Waals surface area contributed by atoms with Crippen LogP contribution in [0.15, 0.2) is 121 Å². The highest BCUT2D eigenvalue weighted by Gasteiger charge is 2.33. The molecule has 0 aliphatic rings. The molecule has 4 rings (SSSR count). The lowest BCUT2D eigenvalue weighted by molar-refractivity contribution is 0.688. The standard InChI is InChI=1S/C31H34B2N2/c1-25(33-31(35,28-20-10-4-11-21-28)29-22-12-5-13-23-29)15-14-24-32-30(34,26-16-6-2-7-17-26)27-18-8-3-9-19-27/h2-13,16-23,25H,14-15,24,34-35H2,1H3. The molecule has 0 saturated heterocycles. The van der Waals surface area contributed by atoms with Gasteiger partial charge < -0.3 is 11.5 Å². The van der Waals surface area contributed by atoms with Crippen LogP contribution in [0.5, 0.6) is 0 Å². The lowest BCUT2D eigenvalue weighted by atomic mass is 9.45. The van der Waals surface area contributed by atoms with Gasteiger partial charge in [0.2, 0.25) is 0 Å². The van der Waals surface area contributed by atoms with Gasteiger partial charge in [-0.05, 0) is 22.3 Å². The van der Waals surface area contributed by atoms with E-state index in [1.165, 1.54) is 0 Å². The van der Waals surface area contributed by atoms with Crippen LogP contribution in [-0.2, 0) is 10.9 Å². The van der Waals surface area contributed by atoms with Gasteiger partial charge >= 0.3 is 0 Å². The topological polar surface area (TPSA) is 52.0 Å². The second kappa shape index (κ2) is 11.6. The molecule has 2 radical (unpaired) electrons. The molecule has 0 bridgehead atoms. The molecule has 0 spiro atoms. The Kier molecular flexibility index (Phi) is 8.28. The van der Waals surface area contributed by atoms with Crippen molar-refractivity contribution in [2.45, 2.75) is 42.8 Å². The summed E-state index contributed by atoms with van der Waals surface area (Å²) in [6.45, 7) is 2.26. The Labute approximate surface area is 212 Å². The molecule has 0 fully saturated rings. The molecule has 0 saturated carbocycles. The van der Waals surface area contributed by atoms with Crippen LogP contribution in [0.1, 0.15) is 42.0 Å². The fourth-order valence-electron chi connectivity index (χ4n) is 4.92. The number of rotatable bonds is 11. The Hall–Kier alpha value is -3.07. The van der Waals surface area contributed by atoms with Crippen molar-refractivity contribution in [2.75, 3.05) is 0 Å². The molecule has 174 valence electrons. The number of hydrogen-bond donors (Lipinski definition) is 2. The molecule has 0 aromatic heterocycles. The first-order chi connectivity index (χ1) is 17.0. The Morgan fingerprint density at radius 1 is 0.571 bits per heavy atom. The molecule has 4 heteroatoms. The van der Waals surface area contributed by atoms with Crippen LogP contribution >= 0.6 is 0 Å². The summed E-state index contributed by atoms with van der Waals surface area (Å²) in [7, 11) is 4.58. The van der Waals surface area contributed by atoms with Crippen molar-refractivity contribution in [1.82, 2.24) is 0 Å². The van der Waals surface area contributed by atoms with E-state index in [9.17, 15) is 0 Å². The van der Waals surface area contributed by atoms with Crippen molar-refractivity contribution < 1.29 is 0 Å². The van der Waals surface area contributed by atoms with Crippen molar-refractivity contribution in [3.63, 3.8) is 0 Å². The van der Waals surface area contributed by atoms with E-state index in [0.717, 1.165) is 41.4 Å². The van der Waals surface area contributed by atoms with Crippen LogP contribution in [0, 0.1) is 0 Å². The van der Waals surface area contributed by atoms with Crippen LogP contribution in [-0.4, -0.2) is 14.6 Å². The van der Waals surface area contributed by atoms with Crippen LogP contribution < -0.4 is 11.5 Å². The quantitative estimate of drug-likeness (QED) is 0.211. The first-order valence-electron chi connectivity index (χ1n) is 12.5. The van der Waals surface area contributed by atoms with Gasteiger partial charge in [0.25, 0.3) is 0 Å². The van der Waals surface area contributed by atoms with E-state index in [1.807, 2.05) is 24.3 Å². The second-order valence-corrected chi connectivity index (χ2v) is 9.48. The van der Waals surface area contributed by atoms with Gasteiger partial charge in [-0.3, -0.25) is 0 Å². The minimum Gasteiger partial charge on any atom is -0.325 e. The lowest BCUT2D eigenvalue weighted by Gasteiger charge is -2.33. The summed E-state index contributed by atoms with van der Waals surface area (Å²) in [4.78, 5) is 0. The van der Waals surface area contributed by atoms with Gasteiger partial charge in [-0.2, -0.15) is 0 Å². The zero-order chi connectivity index (χ0) is 24.6. The van der Waals surface area contributed by atoms with Crippen LogP contribution in [0.4, 0.5) is 0 Å². The predicted octanol–water partition coefficient (Wildman–Crippen LogP) is 6.12. The Balaban J connectivity index is 1.43. The molecule has 0 heterocycles. The normalized spacial score (nSPS) is 12.7. The maximum absolute atomic E-state index is 7.08. The van der Waals surface area contributed by atoms with Gasteiger partial charge in [0.1, 0.15) is 7.28 Å². The summed E-state index contributed by atoms with van der Waals surface area (Å²) in [5, 5.41) is 0. The van der Waals surface area contributed by atoms with E-state index in [1.54, 1.807) is 0 Å². The third-order valence-corrected chi connectivity index (χ3v) is 6.88. The summed E-state index contributed by atoms with van der Waals surface area (Å²) in [5.41, 5.74) is 17.3. The average molecular weight is 456 g/mol. The molecule has 4 aromatic carbocycles. The second-order valence-electron chi connectivity index (χ2n) is 9.48. The zero-order valence-corrected chi connectivity index (χ0v) is 20.6. The molecular weight excluding hydrogens is 422 g/mol. The first-order valence-corrected chi connectivity index (χ1v) is 12.5. The van der Waals surface area contributed by atoms with Gasteiger partial charge in [-0.1, -0.05) is 153 Å². The van der Waals surface area contributed by atoms with Gasteiger partial charge in [-0.25, -0.2) is 0 Å². The van der Waals surface area contributed by atoms with E-state index in [2.05, 4.69) is 119 Å². The highest BCUT2D eigenvalue weighted by Crippen LogP contribution is 2.32. The highest BCUT2D eigenvalue weighted by atomic mass is 14.7. The molecule has 35 heavy (non-hydrogen) atoms. The van der Waals surface area contributed by atoms with Gasteiger partial charge in [0.15, 0.2) is 7.28 Å². The lowest BCUT2D eigenvalue weighted by Crippen LogP contribution is -2.45. The monoisotopic (exact) mass is 456 g/mol. The summed E-state index contributed by atoms with van der Waals surface area (Å²) in [6, 6.07) is 41.5. The minimum atomic E-state index is -0.628. The molecule has 1 unspecified atom stereocenters. The highest BCUT2D eigenvalue weighted by molar-refractivity contribution is 6.43.